The Kier molecular flexibility index (Phi) is 3.77. The molecule has 0 spiro atoms. The zero-order valence-corrected chi connectivity index (χ0v) is 11.1. The third-order valence-corrected chi connectivity index (χ3v) is 3.42. The molecule has 1 fully saturated rings. The molecule has 2 rings (SSSR count). The van der Waals surface area contributed by atoms with E-state index in [0.29, 0.717) is 0 Å². The van der Waals surface area contributed by atoms with Crippen LogP contribution < -0.4 is 4.90 Å². The van der Waals surface area contributed by atoms with Crippen molar-refractivity contribution < 1.29 is 0 Å². The molecule has 0 N–H and O–H groups in total. The molecule has 0 aliphatic heterocycles. The first-order valence-electron chi connectivity index (χ1n) is 5.55. The summed E-state index contributed by atoms with van der Waals surface area (Å²) in [6.07, 6.45) is 8.68. The molecule has 0 unspecified atom stereocenters. The third kappa shape index (κ3) is 2.80. The normalized spacial score (nSPS) is 15.3. The van der Waals surface area contributed by atoms with Gasteiger partial charge in [-0.15, -0.1) is 0 Å². The van der Waals surface area contributed by atoms with Crippen LogP contribution in [-0.4, -0.2) is 22.6 Å². The summed E-state index contributed by atoms with van der Waals surface area (Å²) in [5.74, 6) is 1.13. The highest BCUT2D eigenvalue weighted by Gasteiger charge is 2.30. The van der Waals surface area contributed by atoms with Crippen LogP contribution in [0.15, 0.2) is 12.5 Å². The zero-order valence-electron chi connectivity index (χ0n) is 8.99. The SMILES string of the molecule is CCCCN(c1ncncc1I)C1CC1. The van der Waals surface area contributed by atoms with Crippen LogP contribution in [0.4, 0.5) is 5.82 Å². The summed E-state index contributed by atoms with van der Waals surface area (Å²) in [5.41, 5.74) is 0. The van der Waals surface area contributed by atoms with Gasteiger partial charge in [-0.2, -0.15) is 0 Å². The van der Waals surface area contributed by atoms with Gasteiger partial charge in [0.2, 0.25) is 0 Å². The van der Waals surface area contributed by atoms with Gasteiger partial charge >= 0.3 is 0 Å². The smallest absolute Gasteiger partial charge is 0.145 e. The lowest BCUT2D eigenvalue weighted by atomic mass is 10.3. The highest BCUT2D eigenvalue weighted by Crippen LogP contribution is 2.32. The topological polar surface area (TPSA) is 29.0 Å². The van der Waals surface area contributed by atoms with E-state index in [4.69, 9.17) is 0 Å². The van der Waals surface area contributed by atoms with Crippen molar-refractivity contribution in [2.75, 3.05) is 11.4 Å². The maximum atomic E-state index is 4.40. The summed E-state index contributed by atoms with van der Waals surface area (Å²) < 4.78 is 1.16. The number of hydrogen-bond donors (Lipinski definition) is 0. The molecular formula is C11H16IN3. The number of anilines is 1. The highest BCUT2D eigenvalue weighted by atomic mass is 127. The van der Waals surface area contributed by atoms with Crippen LogP contribution in [0.3, 0.4) is 0 Å². The van der Waals surface area contributed by atoms with Crippen molar-refractivity contribution in [1.29, 1.82) is 0 Å². The van der Waals surface area contributed by atoms with Gasteiger partial charge < -0.3 is 4.90 Å². The number of halogens is 1. The van der Waals surface area contributed by atoms with E-state index >= 15 is 0 Å². The summed E-state index contributed by atoms with van der Waals surface area (Å²) >= 11 is 2.32. The molecule has 15 heavy (non-hydrogen) atoms. The van der Waals surface area contributed by atoms with E-state index < -0.39 is 0 Å². The Hall–Kier alpha value is -0.390. The second-order valence-corrected chi connectivity index (χ2v) is 5.13. The lowest BCUT2D eigenvalue weighted by Gasteiger charge is -2.23. The van der Waals surface area contributed by atoms with Crippen LogP contribution in [0.25, 0.3) is 0 Å². The summed E-state index contributed by atoms with van der Waals surface area (Å²) in [7, 11) is 0. The zero-order chi connectivity index (χ0) is 10.7. The molecule has 1 aliphatic rings. The maximum Gasteiger partial charge on any atom is 0.145 e. The van der Waals surface area contributed by atoms with E-state index in [2.05, 4.69) is 44.4 Å². The van der Waals surface area contributed by atoms with Gasteiger partial charge in [0, 0.05) is 18.8 Å². The molecule has 3 nitrogen and oxygen atoms in total. The third-order valence-electron chi connectivity index (χ3n) is 2.66. The molecule has 0 saturated heterocycles. The van der Waals surface area contributed by atoms with Crippen molar-refractivity contribution in [3.63, 3.8) is 0 Å². The monoisotopic (exact) mass is 317 g/mol. The molecule has 1 aliphatic carbocycles. The first-order chi connectivity index (χ1) is 7.33. The number of hydrogen-bond acceptors (Lipinski definition) is 3. The molecule has 0 amide bonds. The standard InChI is InChI=1S/C11H16IN3/c1-2-3-6-15(9-4-5-9)11-10(12)7-13-8-14-11/h7-9H,2-6H2,1H3. The van der Waals surface area contributed by atoms with Gasteiger partial charge in [0.15, 0.2) is 0 Å². The van der Waals surface area contributed by atoms with Crippen molar-refractivity contribution in [1.82, 2.24) is 9.97 Å². The second kappa shape index (κ2) is 5.09. The van der Waals surface area contributed by atoms with E-state index in [-0.39, 0.29) is 0 Å². The molecule has 4 heteroatoms. The summed E-state index contributed by atoms with van der Waals surface area (Å²) in [5, 5.41) is 0. The molecular weight excluding hydrogens is 301 g/mol. The van der Waals surface area contributed by atoms with Crippen molar-refractivity contribution >= 4 is 28.4 Å². The minimum atomic E-state index is 0.736. The molecule has 1 aromatic heterocycles. The fraction of sp³-hybridized carbons (Fsp3) is 0.636. The average molecular weight is 317 g/mol. The number of nitrogens with zero attached hydrogens (tertiary/aromatic N) is 3. The number of unbranched alkanes of at least 4 members (excludes halogenated alkanes) is 1. The van der Waals surface area contributed by atoms with Crippen LogP contribution in [0.5, 0.6) is 0 Å². The number of aromatic nitrogens is 2. The first-order valence-corrected chi connectivity index (χ1v) is 6.63. The number of rotatable bonds is 5. The van der Waals surface area contributed by atoms with E-state index in [0.717, 1.165) is 22.0 Å². The fourth-order valence-electron chi connectivity index (χ4n) is 1.69. The molecule has 1 heterocycles. The van der Waals surface area contributed by atoms with E-state index in [1.165, 1.54) is 25.7 Å². The lowest BCUT2D eigenvalue weighted by molar-refractivity contribution is 0.701. The van der Waals surface area contributed by atoms with Crippen LogP contribution in [0.1, 0.15) is 32.6 Å². The lowest BCUT2D eigenvalue weighted by Crippen LogP contribution is -2.28. The van der Waals surface area contributed by atoms with Gasteiger partial charge in [0.05, 0.1) is 3.57 Å². The summed E-state index contributed by atoms with van der Waals surface area (Å²) in [6.45, 7) is 3.37. The predicted octanol–water partition coefficient (Wildman–Crippen LogP) is 2.85. The van der Waals surface area contributed by atoms with Crippen molar-refractivity contribution in [3.05, 3.63) is 16.1 Å². The van der Waals surface area contributed by atoms with E-state index in [1.807, 2.05) is 6.20 Å². The van der Waals surface area contributed by atoms with Crippen LogP contribution in [0.2, 0.25) is 0 Å². The first kappa shape index (κ1) is 11.1. The Morgan fingerprint density at radius 1 is 1.53 bits per heavy atom. The van der Waals surface area contributed by atoms with Crippen LogP contribution in [-0.2, 0) is 0 Å². The van der Waals surface area contributed by atoms with Crippen molar-refractivity contribution in [2.24, 2.45) is 0 Å². The molecule has 0 bridgehead atoms. The molecule has 0 atom stereocenters. The fourth-order valence-corrected chi connectivity index (χ4v) is 2.30. The van der Waals surface area contributed by atoms with Crippen LogP contribution in [0, 0.1) is 3.57 Å². The van der Waals surface area contributed by atoms with Gasteiger partial charge in [-0.05, 0) is 41.9 Å². The Bertz CT molecular complexity index is 325. The van der Waals surface area contributed by atoms with Crippen LogP contribution >= 0.6 is 22.6 Å². The summed E-state index contributed by atoms with van der Waals surface area (Å²) in [6, 6.07) is 0.736. The van der Waals surface area contributed by atoms with Gasteiger partial charge in [-0.1, -0.05) is 13.3 Å². The molecule has 82 valence electrons. The molecule has 1 saturated carbocycles. The molecule has 0 radical (unpaired) electrons. The Morgan fingerprint density at radius 2 is 2.33 bits per heavy atom. The Labute approximate surface area is 104 Å². The van der Waals surface area contributed by atoms with Gasteiger partial charge in [0.1, 0.15) is 12.1 Å². The minimum absolute atomic E-state index is 0.736. The van der Waals surface area contributed by atoms with Gasteiger partial charge in [-0.3, -0.25) is 0 Å². The van der Waals surface area contributed by atoms with Gasteiger partial charge in [-0.25, -0.2) is 9.97 Å². The van der Waals surface area contributed by atoms with E-state index in [9.17, 15) is 0 Å². The summed E-state index contributed by atoms with van der Waals surface area (Å²) in [4.78, 5) is 10.9. The average Bonchev–Trinajstić information content (AvgIpc) is 3.05. The molecule has 1 aromatic rings. The Balaban J connectivity index is 2.13. The van der Waals surface area contributed by atoms with Gasteiger partial charge in [0.25, 0.3) is 0 Å². The van der Waals surface area contributed by atoms with Crippen molar-refractivity contribution in [3.8, 4) is 0 Å². The Morgan fingerprint density at radius 3 is 2.93 bits per heavy atom. The van der Waals surface area contributed by atoms with Crippen molar-refractivity contribution in [2.45, 2.75) is 38.6 Å². The second-order valence-electron chi connectivity index (χ2n) is 3.97. The molecule has 0 aromatic carbocycles. The largest absolute Gasteiger partial charge is 0.353 e. The van der Waals surface area contributed by atoms with E-state index in [1.54, 1.807) is 6.33 Å². The quantitative estimate of drug-likeness (QED) is 0.782. The highest BCUT2D eigenvalue weighted by molar-refractivity contribution is 14.1. The maximum absolute atomic E-state index is 4.40. The minimum Gasteiger partial charge on any atom is -0.353 e. The predicted molar refractivity (Wildman–Crippen MR) is 70.0 cm³/mol.